The van der Waals surface area contributed by atoms with Crippen molar-refractivity contribution in [1.29, 1.82) is 0 Å². The lowest BCUT2D eigenvalue weighted by atomic mass is 10.3. The molecule has 0 spiro atoms. The lowest BCUT2D eigenvalue weighted by Crippen LogP contribution is -2.05. The van der Waals surface area contributed by atoms with Crippen LogP contribution in [0.15, 0.2) is 30.5 Å². The summed E-state index contributed by atoms with van der Waals surface area (Å²) in [7, 11) is 0. The maximum Gasteiger partial charge on any atom is 0.123 e. The predicted molar refractivity (Wildman–Crippen MR) is 75.6 cm³/mol. The molecular formula is C14H17ClFN3O. The van der Waals surface area contributed by atoms with Gasteiger partial charge in [0.05, 0.1) is 12.3 Å². The molecule has 0 saturated heterocycles. The van der Waals surface area contributed by atoms with Crippen LogP contribution in [0, 0.1) is 5.82 Å². The average molecular weight is 298 g/mol. The van der Waals surface area contributed by atoms with E-state index in [1.165, 1.54) is 12.1 Å². The van der Waals surface area contributed by atoms with E-state index in [1.54, 1.807) is 16.8 Å². The molecule has 0 N–H and O–H groups in total. The van der Waals surface area contributed by atoms with Crippen molar-refractivity contribution in [3.05, 3.63) is 42.0 Å². The minimum absolute atomic E-state index is 0.260. The zero-order chi connectivity index (χ0) is 14.2. The van der Waals surface area contributed by atoms with Gasteiger partial charge in [0.2, 0.25) is 0 Å². The van der Waals surface area contributed by atoms with Crippen LogP contribution in [0.5, 0.6) is 5.75 Å². The van der Waals surface area contributed by atoms with Crippen molar-refractivity contribution in [3.63, 3.8) is 0 Å². The van der Waals surface area contributed by atoms with Crippen molar-refractivity contribution in [2.24, 2.45) is 0 Å². The summed E-state index contributed by atoms with van der Waals surface area (Å²) in [5.74, 6) is 1.05. The number of hydrogen-bond acceptors (Lipinski definition) is 3. The molecule has 108 valence electrons. The van der Waals surface area contributed by atoms with Crippen LogP contribution in [0.25, 0.3) is 0 Å². The quantitative estimate of drug-likeness (QED) is 0.555. The number of hydrogen-bond donors (Lipinski definition) is 0. The molecule has 0 amide bonds. The largest absolute Gasteiger partial charge is 0.494 e. The smallest absolute Gasteiger partial charge is 0.123 e. The van der Waals surface area contributed by atoms with Gasteiger partial charge in [-0.1, -0.05) is 5.21 Å². The molecule has 0 saturated carbocycles. The van der Waals surface area contributed by atoms with E-state index in [4.69, 9.17) is 16.3 Å². The van der Waals surface area contributed by atoms with Gasteiger partial charge in [-0.05, 0) is 37.1 Å². The molecule has 4 nitrogen and oxygen atoms in total. The van der Waals surface area contributed by atoms with Crippen LogP contribution < -0.4 is 4.74 Å². The van der Waals surface area contributed by atoms with E-state index >= 15 is 0 Å². The van der Waals surface area contributed by atoms with Crippen LogP contribution in [0.2, 0.25) is 0 Å². The highest BCUT2D eigenvalue weighted by Crippen LogP contribution is 2.11. The number of benzene rings is 1. The second-order valence-corrected chi connectivity index (χ2v) is 4.80. The number of nitrogens with zero attached hydrogens (tertiary/aromatic N) is 3. The Balaban J connectivity index is 1.67. The molecule has 0 fully saturated rings. The standard InChI is InChI=1S/C14H17ClFN3O/c15-8-1-3-13-11-19(18-17-13)9-2-10-20-14-6-4-12(16)5-7-14/h4-7,11H,1-3,8-10H2. The van der Waals surface area contributed by atoms with Gasteiger partial charge in [-0.25, -0.2) is 4.39 Å². The van der Waals surface area contributed by atoms with Crippen molar-refractivity contribution in [1.82, 2.24) is 15.0 Å². The van der Waals surface area contributed by atoms with E-state index in [2.05, 4.69) is 10.3 Å². The summed E-state index contributed by atoms with van der Waals surface area (Å²) in [5.41, 5.74) is 0.963. The number of halogens is 2. The first-order chi connectivity index (χ1) is 9.78. The van der Waals surface area contributed by atoms with Gasteiger partial charge in [0, 0.05) is 25.0 Å². The molecule has 0 radical (unpaired) electrons. The maximum atomic E-state index is 12.7. The average Bonchev–Trinajstić information content (AvgIpc) is 2.91. The van der Waals surface area contributed by atoms with Gasteiger partial charge >= 0.3 is 0 Å². The third-order valence-corrected chi connectivity index (χ3v) is 3.03. The first-order valence-electron chi connectivity index (χ1n) is 6.61. The van der Waals surface area contributed by atoms with Gasteiger partial charge in [-0.15, -0.1) is 16.7 Å². The molecule has 2 aromatic rings. The first kappa shape index (κ1) is 14.8. The molecule has 1 aromatic heterocycles. The minimum atomic E-state index is -0.260. The Morgan fingerprint density at radius 3 is 2.75 bits per heavy atom. The highest BCUT2D eigenvalue weighted by Gasteiger charge is 2.01. The zero-order valence-electron chi connectivity index (χ0n) is 11.1. The second kappa shape index (κ2) is 7.85. The van der Waals surface area contributed by atoms with E-state index < -0.39 is 0 Å². The van der Waals surface area contributed by atoms with E-state index in [9.17, 15) is 4.39 Å². The Morgan fingerprint density at radius 1 is 1.20 bits per heavy atom. The number of ether oxygens (including phenoxy) is 1. The van der Waals surface area contributed by atoms with Crippen molar-refractivity contribution in [3.8, 4) is 5.75 Å². The summed E-state index contributed by atoms with van der Waals surface area (Å²) >= 11 is 5.63. The van der Waals surface area contributed by atoms with Gasteiger partial charge < -0.3 is 4.74 Å². The molecule has 1 heterocycles. The van der Waals surface area contributed by atoms with Gasteiger partial charge in [0.25, 0.3) is 0 Å². The fourth-order valence-corrected chi connectivity index (χ4v) is 1.89. The molecule has 0 atom stereocenters. The van der Waals surface area contributed by atoms with Crippen LogP contribution in [0.1, 0.15) is 18.5 Å². The second-order valence-electron chi connectivity index (χ2n) is 4.42. The normalized spacial score (nSPS) is 10.7. The van der Waals surface area contributed by atoms with Crippen LogP contribution in [0.4, 0.5) is 4.39 Å². The molecule has 20 heavy (non-hydrogen) atoms. The Bertz CT molecular complexity index is 515. The minimum Gasteiger partial charge on any atom is -0.494 e. The third kappa shape index (κ3) is 4.81. The van der Waals surface area contributed by atoms with E-state index in [-0.39, 0.29) is 5.82 Å². The van der Waals surface area contributed by atoms with Crippen molar-refractivity contribution < 1.29 is 9.13 Å². The fraction of sp³-hybridized carbons (Fsp3) is 0.429. The Hall–Kier alpha value is -1.62. The van der Waals surface area contributed by atoms with Gasteiger partial charge in [-0.3, -0.25) is 4.68 Å². The third-order valence-electron chi connectivity index (χ3n) is 2.77. The molecule has 0 aliphatic rings. The number of rotatable bonds is 8. The summed E-state index contributed by atoms with van der Waals surface area (Å²) in [5, 5.41) is 8.12. The lowest BCUT2D eigenvalue weighted by Gasteiger charge is -2.05. The highest BCUT2D eigenvalue weighted by molar-refractivity contribution is 6.17. The zero-order valence-corrected chi connectivity index (χ0v) is 11.9. The maximum absolute atomic E-state index is 12.7. The molecule has 6 heteroatoms. The van der Waals surface area contributed by atoms with Gasteiger partial charge in [0.15, 0.2) is 0 Å². The van der Waals surface area contributed by atoms with Crippen LogP contribution in [-0.2, 0) is 13.0 Å². The Morgan fingerprint density at radius 2 is 2.00 bits per heavy atom. The summed E-state index contributed by atoms with van der Waals surface area (Å²) in [6.45, 7) is 1.30. The predicted octanol–water partition coefficient (Wildman–Crippen LogP) is 3.06. The molecule has 0 aliphatic heterocycles. The van der Waals surface area contributed by atoms with Gasteiger partial charge in [0.1, 0.15) is 11.6 Å². The molecule has 0 aliphatic carbocycles. The van der Waals surface area contributed by atoms with E-state index in [1.807, 2.05) is 6.20 Å². The highest BCUT2D eigenvalue weighted by atomic mass is 35.5. The molecule has 2 rings (SSSR count). The Labute approximate surface area is 122 Å². The molecule has 0 bridgehead atoms. The van der Waals surface area contributed by atoms with Gasteiger partial charge in [-0.2, -0.15) is 0 Å². The molecular weight excluding hydrogens is 281 g/mol. The Kier molecular flexibility index (Phi) is 5.80. The van der Waals surface area contributed by atoms with Crippen molar-refractivity contribution in [2.75, 3.05) is 12.5 Å². The fourth-order valence-electron chi connectivity index (χ4n) is 1.76. The van der Waals surface area contributed by atoms with E-state index in [0.717, 1.165) is 31.5 Å². The van der Waals surface area contributed by atoms with Crippen molar-refractivity contribution >= 4 is 11.6 Å². The van der Waals surface area contributed by atoms with Crippen LogP contribution in [0.3, 0.4) is 0 Å². The van der Waals surface area contributed by atoms with Crippen LogP contribution >= 0.6 is 11.6 Å². The number of aromatic nitrogens is 3. The number of alkyl halides is 1. The summed E-state index contributed by atoms with van der Waals surface area (Å²) in [6.07, 6.45) is 4.52. The van der Waals surface area contributed by atoms with Crippen molar-refractivity contribution in [2.45, 2.75) is 25.8 Å². The first-order valence-corrected chi connectivity index (χ1v) is 7.15. The molecule has 0 unspecified atom stereocenters. The summed E-state index contributed by atoms with van der Waals surface area (Å²) in [4.78, 5) is 0. The van der Waals surface area contributed by atoms with Crippen LogP contribution in [-0.4, -0.2) is 27.5 Å². The number of aryl methyl sites for hydroxylation is 2. The van der Waals surface area contributed by atoms with E-state index in [0.29, 0.717) is 18.2 Å². The lowest BCUT2D eigenvalue weighted by molar-refractivity contribution is 0.297. The SMILES string of the molecule is Fc1ccc(OCCCn2cc(CCCCl)nn2)cc1. The molecule has 1 aromatic carbocycles. The topological polar surface area (TPSA) is 39.9 Å². The monoisotopic (exact) mass is 297 g/mol. The summed E-state index contributed by atoms with van der Waals surface area (Å²) in [6, 6.07) is 6.01. The summed E-state index contributed by atoms with van der Waals surface area (Å²) < 4.78 is 20.0.